The second-order valence-corrected chi connectivity index (χ2v) is 10.0. The molecular formula is C22H18Cl2N2O4S. The monoisotopic (exact) mass is 476 g/mol. The molecule has 0 aliphatic rings. The quantitative estimate of drug-likeness (QED) is 0.416. The zero-order valence-corrected chi connectivity index (χ0v) is 19.0. The first-order valence-corrected chi connectivity index (χ1v) is 11.8. The molecule has 2 heterocycles. The fraction of sp³-hybridized carbons (Fsp3) is 0.136. The summed E-state index contributed by atoms with van der Waals surface area (Å²) < 4.78 is 32.5. The first kappa shape index (κ1) is 21.5. The number of nitrogens with one attached hydrogen (secondary N) is 1. The highest BCUT2D eigenvalue weighted by atomic mass is 35.5. The SMILES string of the molecule is CCS(=O)(=O)c1ccc(Oc2cccc(Cl)c2Cl)c(-c2c[nH]c3c(=O)n(C)ccc23)c1. The summed E-state index contributed by atoms with van der Waals surface area (Å²) in [6.45, 7) is 1.58. The van der Waals surface area contributed by atoms with E-state index >= 15 is 0 Å². The molecule has 0 saturated heterocycles. The van der Waals surface area contributed by atoms with Crippen LogP contribution in [-0.2, 0) is 16.9 Å². The van der Waals surface area contributed by atoms with Crippen LogP contribution in [0.2, 0.25) is 10.0 Å². The van der Waals surface area contributed by atoms with E-state index < -0.39 is 9.84 Å². The molecule has 0 fully saturated rings. The number of hydrogen-bond donors (Lipinski definition) is 1. The summed E-state index contributed by atoms with van der Waals surface area (Å²) in [7, 11) is -1.80. The molecule has 2 aromatic carbocycles. The highest BCUT2D eigenvalue weighted by Gasteiger charge is 2.20. The van der Waals surface area contributed by atoms with Crippen molar-refractivity contribution in [2.45, 2.75) is 11.8 Å². The second-order valence-electron chi connectivity index (χ2n) is 6.94. The highest BCUT2D eigenvalue weighted by molar-refractivity contribution is 7.91. The van der Waals surface area contributed by atoms with Crippen LogP contribution in [0.5, 0.6) is 11.5 Å². The van der Waals surface area contributed by atoms with Gasteiger partial charge in [-0.15, -0.1) is 0 Å². The average Bonchev–Trinajstić information content (AvgIpc) is 3.19. The van der Waals surface area contributed by atoms with Gasteiger partial charge in [0.25, 0.3) is 5.56 Å². The van der Waals surface area contributed by atoms with Gasteiger partial charge in [0.15, 0.2) is 9.84 Å². The van der Waals surface area contributed by atoms with Crippen molar-refractivity contribution in [2.75, 3.05) is 5.75 Å². The fourth-order valence-electron chi connectivity index (χ4n) is 3.29. The van der Waals surface area contributed by atoms with E-state index in [9.17, 15) is 13.2 Å². The van der Waals surface area contributed by atoms with E-state index in [0.29, 0.717) is 38.6 Å². The van der Waals surface area contributed by atoms with E-state index in [1.807, 2.05) is 0 Å². The normalized spacial score (nSPS) is 11.7. The van der Waals surface area contributed by atoms with Gasteiger partial charge < -0.3 is 14.3 Å². The van der Waals surface area contributed by atoms with E-state index in [0.717, 1.165) is 0 Å². The molecule has 0 radical (unpaired) electrons. The molecule has 0 saturated carbocycles. The molecule has 0 bridgehead atoms. The van der Waals surface area contributed by atoms with Crippen LogP contribution in [0.15, 0.2) is 64.5 Å². The predicted molar refractivity (Wildman–Crippen MR) is 123 cm³/mol. The highest BCUT2D eigenvalue weighted by Crippen LogP contribution is 2.41. The number of aromatic nitrogens is 2. The number of sulfone groups is 1. The largest absolute Gasteiger partial charge is 0.455 e. The average molecular weight is 477 g/mol. The fourth-order valence-corrected chi connectivity index (χ4v) is 4.52. The molecule has 9 heteroatoms. The van der Waals surface area contributed by atoms with Gasteiger partial charge in [-0.3, -0.25) is 4.79 Å². The van der Waals surface area contributed by atoms with Gasteiger partial charge in [-0.1, -0.05) is 36.2 Å². The summed E-state index contributed by atoms with van der Waals surface area (Å²) in [6, 6.07) is 11.4. The van der Waals surface area contributed by atoms with E-state index in [-0.39, 0.29) is 21.2 Å². The summed E-state index contributed by atoms with van der Waals surface area (Å²) in [5, 5.41) is 1.23. The van der Waals surface area contributed by atoms with E-state index in [4.69, 9.17) is 27.9 Å². The summed E-state index contributed by atoms with van der Waals surface area (Å²) in [4.78, 5) is 15.6. The van der Waals surface area contributed by atoms with E-state index in [1.54, 1.807) is 62.8 Å². The standard InChI is InChI=1S/C22H18Cl2N2O4S/c1-3-31(28,29)13-7-8-18(30-19-6-4-5-17(23)20(19)24)15(11-13)16-12-25-21-14(16)9-10-26(2)22(21)27/h4-12,25H,3H2,1-2H3. The van der Waals surface area contributed by atoms with Crippen LogP contribution in [-0.4, -0.2) is 23.7 Å². The summed E-state index contributed by atoms with van der Waals surface area (Å²) in [5.41, 5.74) is 1.36. The van der Waals surface area contributed by atoms with Crippen molar-refractivity contribution >= 4 is 43.9 Å². The number of hydrogen-bond acceptors (Lipinski definition) is 4. The molecule has 0 spiro atoms. The molecular weight excluding hydrogens is 459 g/mol. The molecule has 6 nitrogen and oxygen atoms in total. The Balaban J connectivity index is 1.96. The molecule has 0 amide bonds. The predicted octanol–water partition coefficient (Wildman–Crippen LogP) is 5.43. The third-order valence-corrected chi connectivity index (χ3v) is 7.57. The van der Waals surface area contributed by atoms with Gasteiger partial charge in [0, 0.05) is 36.0 Å². The van der Waals surface area contributed by atoms with Gasteiger partial charge in [0.1, 0.15) is 22.0 Å². The van der Waals surface area contributed by atoms with Crippen LogP contribution < -0.4 is 10.3 Å². The second kappa shape index (κ2) is 8.07. The zero-order chi connectivity index (χ0) is 22.3. The smallest absolute Gasteiger partial charge is 0.274 e. The number of ether oxygens (including phenoxy) is 1. The summed E-state index contributed by atoms with van der Waals surface area (Å²) in [6.07, 6.45) is 3.32. The molecule has 1 N–H and O–H groups in total. The van der Waals surface area contributed by atoms with Crippen LogP contribution in [0.4, 0.5) is 0 Å². The first-order valence-electron chi connectivity index (χ1n) is 9.38. The number of aryl methyl sites for hydroxylation is 1. The van der Waals surface area contributed by atoms with Crippen LogP contribution in [0.3, 0.4) is 0 Å². The summed E-state index contributed by atoms with van der Waals surface area (Å²) in [5.74, 6) is 0.666. The van der Waals surface area contributed by atoms with Crippen molar-refractivity contribution in [3.8, 4) is 22.6 Å². The third-order valence-electron chi connectivity index (χ3n) is 5.04. The van der Waals surface area contributed by atoms with E-state index in [1.165, 1.54) is 10.6 Å². The molecule has 0 atom stereocenters. The Hall–Kier alpha value is -2.74. The topological polar surface area (TPSA) is 81.2 Å². The Morgan fingerprint density at radius 2 is 1.84 bits per heavy atom. The number of pyridine rings is 1. The number of nitrogens with zero attached hydrogens (tertiary/aromatic N) is 1. The van der Waals surface area contributed by atoms with Gasteiger partial charge in [-0.25, -0.2) is 8.42 Å². The maximum absolute atomic E-state index is 12.5. The minimum absolute atomic E-state index is 0.0405. The van der Waals surface area contributed by atoms with Gasteiger partial charge >= 0.3 is 0 Å². The lowest BCUT2D eigenvalue weighted by atomic mass is 10.0. The van der Waals surface area contributed by atoms with Crippen molar-refractivity contribution in [3.63, 3.8) is 0 Å². The molecule has 2 aromatic heterocycles. The van der Waals surface area contributed by atoms with E-state index in [2.05, 4.69) is 4.98 Å². The van der Waals surface area contributed by atoms with Gasteiger partial charge in [0.2, 0.25) is 0 Å². The number of aromatic amines is 1. The number of halogens is 2. The maximum atomic E-state index is 12.5. The Morgan fingerprint density at radius 3 is 2.58 bits per heavy atom. The van der Waals surface area contributed by atoms with Crippen molar-refractivity contribution in [1.82, 2.24) is 9.55 Å². The minimum Gasteiger partial charge on any atom is -0.455 e. The molecule has 4 rings (SSSR count). The number of benzene rings is 2. The minimum atomic E-state index is -3.46. The maximum Gasteiger partial charge on any atom is 0.274 e. The molecule has 0 unspecified atom stereocenters. The lowest BCUT2D eigenvalue weighted by molar-refractivity contribution is 0.484. The zero-order valence-electron chi connectivity index (χ0n) is 16.6. The van der Waals surface area contributed by atoms with Crippen molar-refractivity contribution < 1.29 is 13.2 Å². The Labute approximate surface area is 188 Å². The molecule has 0 aliphatic heterocycles. The van der Waals surface area contributed by atoms with Crippen LogP contribution >= 0.6 is 23.2 Å². The molecule has 31 heavy (non-hydrogen) atoms. The Kier molecular flexibility index (Phi) is 5.60. The van der Waals surface area contributed by atoms with Crippen molar-refractivity contribution in [3.05, 3.63) is 75.3 Å². The number of H-pyrrole nitrogens is 1. The molecule has 160 valence electrons. The number of rotatable bonds is 5. The molecule has 0 aliphatic carbocycles. The summed E-state index contributed by atoms with van der Waals surface area (Å²) >= 11 is 12.4. The van der Waals surface area contributed by atoms with Gasteiger partial charge in [0.05, 0.1) is 15.7 Å². The van der Waals surface area contributed by atoms with Crippen LogP contribution in [0.1, 0.15) is 6.92 Å². The van der Waals surface area contributed by atoms with Crippen molar-refractivity contribution in [1.29, 1.82) is 0 Å². The van der Waals surface area contributed by atoms with Crippen molar-refractivity contribution in [2.24, 2.45) is 7.05 Å². The Bertz CT molecular complexity index is 1470. The van der Waals surface area contributed by atoms with Crippen LogP contribution in [0, 0.1) is 0 Å². The van der Waals surface area contributed by atoms with Gasteiger partial charge in [-0.05, 0) is 36.4 Å². The number of fused-ring (bicyclic) bond motifs is 1. The third kappa shape index (κ3) is 3.84. The lowest BCUT2D eigenvalue weighted by Gasteiger charge is -2.14. The van der Waals surface area contributed by atoms with Crippen LogP contribution in [0.25, 0.3) is 22.0 Å². The Morgan fingerprint density at radius 1 is 1.06 bits per heavy atom. The molecule has 4 aromatic rings. The lowest BCUT2D eigenvalue weighted by Crippen LogP contribution is -2.15. The van der Waals surface area contributed by atoms with Gasteiger partial charge in [-0.2, -0.15) is 0 Å². The first-order chi connectivity index (χ1) is 14.7.